The predicted octanol–water partition coefficient (Wildman–Crippen LogP) is 2.55. The summed E-state index contributed by atoms with van der Waals surface area (Å²) in [6, 6.07) is 3.70. The molecule has 0 unspecified atom stereocenters. The molecule has 0 bridgehead atoms. The third kappa shape index (κ3) is 3.97. The third-order valence-corrected chi connectivity index (χ3v) is 2.74. The van der Waals surface area contributed by atoms with Gasteiger partial charge in [0, 0.05) is 12.1 Å². The van der Waals surface area contributed by atoms with Crippen LogP contribution < -0.4 is 5.32 Å². The summed E-state index contributed by atoms with van der Waals surface area (Å²) in [5.41, 5.74) is -1.96. The first-order valence-corrected chi connectivity index (χ1v) is 5.73. The summed E-state index contributed by atoms with van der Waals surface area (Å²) in [4.78, 5) is 22.5. The molecule has 110 valence electrons. The van der Waals surface area contributed by atoms with E-state index in [-0.39, 0.29) is 12.1 Å². The largest absolute Gasteiger partial charge is 0.481 e. The molecule has 0 aliphatic rings. The lowest BCUT2D eigenvalue weighted by Gasteiger charge is -2.19. The van der Waals surface area contributed by atoms with Crippen LogP contribution in [0, 0.1) is 5.41 Å². The Morgan fingerprint density at radius 3 is 2.05 bits per heavy atom. The van der Waals surface area contributed by atoms with Crippen molar-refractivity contribution in [3.8, 4) is 0 Å². The van der Waals surface area contributed by atoms with Gasteiger partial charge in [0.1, 0.15) is 0 Å². The maximum absolute atomic E-state index is 12.3. The van der Waals surface area contributed by atoms with Crippen molar-refractivity contribution in [1.82, 2.24) is 5.32 Å². The zero-order valence-electron chi connectivity index (χ0n) is 10.9. The number of benzene rings is 1. The van der Waals surface area contributed by atoms with Crippen LogP contribution in [0.4, 0.5) is 13.2 Å². The van der Waals surface area contributed by atoms with Gasteiger partial charge in [0.2, 0.25) is 0 Å². The minimum atomic E-state index is -4.46. The van der Waals surface area contributed by atoms with Crippen LogP contribution in [0.5, 0.6) is 0 Å². The van der Waals surface area contributed by atoms with Crippen molar-refractivity contribution < 1.29 is 27.9 Å². The van der Waals surface area contributed by atoms with E-state index in [4.69, 9.17) is 5.11 Å². The highest BCUT2D eigenvalue weighted by Crippen LogP contribution is 2.29. The van der Waals surface area contributed by atoms with Gasteiger partial charge in [-0.15, -0.1) is 0 Å². The number of aliphatic carboxylic acids is 1. The fourth-order valence-corrected chi connectivity index (χ4v) is 1.29. The molecule has 0 aromatic heterocycles. The summed E-state index contributed by atoms with van der Waals surface area (Å²) < 4.78 is 37.0. The van der Waals surface area contributed by atoms with Gasteiger partial charge in [-0.2, -0.15) is 13.2 Å². The van der Waals surface area contributed by atoms with Crippen molar-refractivity contribution in [3.05, 3.63) is 35.4 Å². The minimum Gasteiger partial charge on any atom is -0.481 e. The molecule has 0 radical (unpaired) electrons. The lowest BCUT2D eigenvalue weighted by atomic mass is 9.94. The maximum atomic E-state index is 12.3. The molecule has 20 heavy (non-hydrogen) atoms. The molecule has 0 saturated carbocycles. The van der Waals surface area contributed by atoms with Crippen LogP contribution in [0.3, 0.4) is 0 Å². The number of halogens is 3. The number of hydrogen-bond donors (Lipinski definition) is 2. The van der Waals surface area contributed by atoms with Crippen LogP contribution in [0.2, 0.25) is 0 Å². The van der Waals surface area contributed by atoms with E-state index < -0.39 is 29.0 Å². The molecule has 0 spiro atoms. The zero-order chi connectivity index (χ0) is 15.6. The predicted molar refractivity (Wildman–Crippen MR) is 65.2 cm³/mol. The topological polar surface area (TPSA) is 66.4 Å². The van der Waals surface area contributed by atoms with Crippen LogP contribution in [-0.4, -0.2) is 23.5 Å². The summed E-state index contributed by atoms with van der Waals surface area (Å²) in [7, 11) is 0. The first-order chi connectivity index (χ1) is 9.04. The first kappa shape index (κ1) is 16.0. The van der Waals surface area contributed by atoms with Crippen molar-refractivity contribution in [3.63, 3.8) is 0 Å². The van der Waals surface area contributed by atoms with Crippen molar-refractivity contribution in [1.29, 1.82) is 0 Å². The molecular weight excluding hydrogens is 275 g/mol. The monoisotopic (exact) mass is 289 g/mol. The fraction of sp³-hybridized carbons (Fsp3) is 0.385. The van der Waals surface area contributed by atoms with Gasteiger partial charge in [-0.3, -0.25) is 9.59 Å². The van der Waals surface area contributed by atoms with Gasteiger partial charge in [0.05, 0.1) is 11.0 Å². The Kier molecular flexibility index (Phi) is 4.42. The number of carboxylic acids is 1. The van der Waals surface area contributed by atoms with Gasteiger partial charge in [-0.05, 0) is 38.1 Å². The Morgan fingerprint density at radius 1 is 1.15 bits per heavy atom. The Balaban J connectivity index is 2.72. The summed E-state index contributed by atoms with van der Waals surface area (Å²) in [6.45, 7) is 2.74. The number of alkyl halides is 3. The Labute approximate surface area is 113 Å². The van der Waals surface area contributed by atoms with E-state index in [2.05, 4.69) is 5.32 Å². The van der Waals surface area contributed by atoms with Crippen molar-refractivity contribution in [2.45, 2.75) is 20.0 Å². The number of carboxylic acid groups (broad SMARTS) is 1. The normalized spacial score (nSPS) is 12.1. The van der Waals surface area contributed by atoms with Gasteiger partial charge in [0.15, 0.2) is 0 Å². The molecule has 1 aromatic rings. The second kappa shape index (κ2) is 5.52. The number of rotatable bonds is 4. The third-order valence-electron chi connectivity index (χ3n) is 2.74. The van der Waals surface area contributed by atoms with Crippen LogP contribution in [0.15, 0.2) is 24.3 Å². The molecule has 7 heteroatoms. The molecule has 4 nitrogen and oxygen atoms in total. The maximum Gasteiger partial charge on any atom is 0.416 e. The molecule has 1 aromatic carbocycles. The molecule has 0 saturated heterocycles. The van der Waals surface area contributed by atoms with E-state index in [1.54, 1.807) is 0 Å². The smallest absolute Gasteiger partial charge is 0.416 e. The van der Waals surface area contributed by atoms with E-state index in [0.717, 1.165) is 24.3 Å². The van der Waals surface area contributed by atoms with Gasteiger partial charge in [-0.1, -0.05) is 0 Å². The molecule has 2 N–H and O–H groups in total. The molecule has 0 atom stereocenters. The number of amides is 1. The van der Waals surface area contributed by atoms with Crippen LogP contribution in [-0.2, 0) is 11.0 Å². The van der Waals surface area contributed by atoms with Crippen molar-refractivity contribution in [2.75, 3.05) is 6.54 Å². The molecule has 1 rings (SSSR count). The average Bonchev–Trinajstić information content (AvgIpc) is 2.35. The molecule has 0 aliphatic heterocycles. The summed E-state index contributed by atoms with van der Waals surface area (Å²) in [5.74, 6) is -1.70. The van der Waals surface area contributed by atoms with Crippen LogP contribution >= 0.6 is 0 Å². The van der Waals surface area contributed by atoms with Gasteiger partial charge >= 0.3 is 12.1 Å². The number of nitrogens with one attached hydrogen (secondary N) is 1. The summed E-state index contributed by atoms with van der Waals surface area (Å²) in [5, 5.41) is 11.3. The van der Waals surface area contributed by atoms with E-state index in [1.807, 2.05) is 0 Å². The summed E-state index contributed by atoms with van der Waals surface area (Å²) in [6.07, 6.45) is -4.46. The lowest BCUT2D eigenvalue weighted by molar-refractivity contribution is -0.146. The van der Waals surface area contributed by atoms with Crippen LogP contribution in [0.1, 0.15) is 29.8 Å². The Morgan fingerprint density at radius 2 is 1.65 bits per heavy atom. The van der Waals surface area contributed by atoms with E-state index in [0.29, 0.717) is 0 Å². The van der Waals surface area contributed by atoms with E-state index >= 15 is 0 Å². The van der Waals surface area contributed by atoms with Crippen molar-refractivity contribution >= 4 is 11.9 Å². The molecule has 0 aliphatic carbocycles. The molecular formula is C13H14F3NO3. The highest BCUT2D eigenvalue weighted by Gasteiger charge is 2.30. The second-order valence-electron chi connectivity index (χ2n) is 4.95. The number of carbonyl (C=O) groups is 2. The Hall–Kier alpha value is -2.05. The van der Waals surface area contributed by atoms with Gasteiger partial charge < -0.3 is 10.4 Å². The number of carbonyl (C=O) groups excluding carboxylic acids is 1. The Bertz CT molecular complexity index is 507. The lowest BCUT2D eigenvalue weighted by Crippen LogP contribution is -2.38. The zero-order valence-corrected chi connectivity index (χ0v) is 10.9. The average molecular weight is 289 g/mol. The SMILES string of the molecule is CC(C)(CNC(=O)c1ccc(C(F)(F)F)cc1)C(=O)O. The fourth-order valence-electron chi connectivity index (χ4n) is 1.29. The quantitative estimate of drug-likeness (QED) is 0.895. The molecule has 1 amide bonds. The number of hydrogen-bond acceptors (Lipinski definition) is 2. The minimum absolute atomic E-state index is 0.0409. The first-order valence-electron chi connectivity index (χ1n) is 5.73. The standard InChI is InChI=1S/C13H14F3NO3/c1-12(2,11(19)20)7-17-10(18)8-3-5-9(6-4-8)13(14,15)16/h3-6H,7H2,1-2H3,(H,17,18)(H,19,20). The van der Waals surface area contributed by atoms with Crippen LogP contribution in [0.25, 0.3) is 0 Å². The van der Waals surface area contributed by atoms with Gasteiger partial charge in [0.25, 0.3) is 5.91 Å². The van der Waals surface area contributed by atoms with Gasteiger partial charge in [-0.25, -0.2) is 0 Å². The van der Waals surface area contributed by atoms with Crippen molar-refractivity contribution in [2.24, 2.45) is 5.41 Å². The second-order valence-corrected chi connectivity index (χ2v) is 4.95. The molecule has 0 fully saturated rings. The van der Waals surface area contributed by atoms with E-state index in [1.165, 1.54) is 13.8 Å². The summed E-state index contributed by atoms with van der Waals surface area (Å²) >= 11 is 0. The molecule has 0 heterocycles. The highest BCUT2D eigenvalue weighted by atomic mass is 19.4. The van der Waals surface area contributed by atoms with E-state index in [9.17, 15) is 22.8 Å². The highest BCUT2D eigenvalue weighted by molar-refractivity contribution is 5.94.